The number of para-hydroxylation sites is 3. The quantitative estimate of drug-likeness (QED) is 0.287. The third-order valence-corrected chi connectivity index (χ3v) is 6.18. The normalized spacial score (nSPS) is 12.2. The Morgan fingerprint density at radius 1 is 0.688 bits per heavy atom. The van der Waals surface area contributed by atoms with E-state index in [0.29, 0.717) is 5.89 Å². The van der Waals surface area contributed by atoms with Crippen molar-refractivity contribution in [2.75, 3.05) is 0 Å². The van der Waals surface area contributed by atoms with Crippen molar-refractivity contribution in [1.29, 1.82) is 0 Å². The van der Waals surface area contributed by atoms with E-state index in [2.05, 4.69) is 110 Å². The topological polar surface area (TPSA) is 31.0 Å². The fraction of sp³-hybridized carbons (Fsp3) is 0.138. The van der Waals surface area contributed by atoms with Crippen LogP contribution in [0.3, 0.4) is 0 Å². The molecule has 0 fully saturated rings. The number of fused-ring (bicyclic) bond motifs is 4. The van der Waals surface area contributed by atoms with Crippen molar-refractivity contribution in [2.45, 2.75) is 26.2 Å². The zero-order valence-electron chi connectivity index (χ0n) is 18.5. The van der Waals surface area contributed by atoms with Gasteiger partial charge in [-0.3, -0.25) is 0 Å². The van der Waals surface area contributed by atoms with Crippen LogP contribution >= 0.6 is 0 Å². The van der Waals surface area contributed by atoms with Crippen molar-refractivity contribution in [2.24, 2.45) is 0 Å². The molecule has 4 aromatic carbocycles. The summed E-state index contributed by atoms with van der Waals surface area (Å²) in [6, 6.07) is 31.8. The summed E-state index contributed by atoms with van der Waals surface area (Å²) in [5.41, 5.74) is 7.46. The van der Waals surface area contributed by atoms with Crippen LogP contribution in [0.4, 0.5) is 0 Å². The summed E-state index contributed by atoms with van der Waals surface area (Å²) in [6.45, 7) is 6.60. The molecule has 3 heteroatoms. The minimum Gasteiger partial charge on any atom is -0.436 e. The average Bonchev–Trinajstić information content (AvgIpc) is 3.38. The number of hydrogen-bond acceptors (Lipinski definition) is 2. The smallest absolute Gasteiger partial charge is 0.227 e. The Kier molecular flexibility index (Phi) is 4.03. The van der Waals surface area contributed by atoms with Crippen LogP contribution in [0.15, 0.2) is 95.4 Å². The molecule has 0 atom stereocenters. The highest BCUT2D eigenvalue weighted by Crippen LogP contribution is 2.35. The molecule has 0 saturated heterocycles. The van der Waals surface area contributed by atoms with Gasteiger partial charge in [-0.05, 0) is 47.9 Å². The Labute approximate surface area is 186 Å². The van der Waals surface area contributed by atoms with Gasteiger partial charge in [-0.25, -0.2) is 4.98 Å². The van der Waals surface area contributed by atoms with Crippen molar-refractivity contribution >= 4 is 32.9 Å². The summed E-state index contributed by atoms with van der Waals surface area (Å²) < 4.78 is 8.58. The van der Waals surface area contributed by atoms with Crippen molar-refractivity contribution in [3.8, 4) is 17.1 Å². The van der Waals surface area contributed by atoms with Gasteiger partial charge in [-0.15, -0.1) is 0 Å². The zero-order chi connectivity index (χ0) is 21.9. The number of nitrogens with zero attached hydrogens (tertiary/aromatic N) is 2. The number of rotatable bonds is 2. The molecule has 0 N–H and O–H groups in total. The van der Waals surface area contributed by atoms with E-state index in [9.17, 15) is 0 Å². The summed E-state index contributed by atoms with van der Waals surface area (Å²) in [5, 5.41) is 2.53. The number of oxazole rings is 1. The highest BCUT2D eigenvalue weighted by atomic mass is 16.3. The second-order valence-corrected chi connectivity index (χ2v) is 9.34. The molecule has 0 bridgehead atoms. The third kappa shape index (κ3) is 2.85. The molecular weight excluding hydrogens is 392 g/mol. The first-order valence-electron chi connectivity index (χ1n) is 11.0. The Morgan fingerprint density at radius 2 is 1.31 bits per heavy atom. The van der Waals surface area contributed by atoms with Crippen LogP contribution in [0, 0.1) is 0 Å². The first-order chi connectivity index (χ1) is 15.5. The van der Waals surface area contributed by atoms with Gasteiger partial charge in [0.1, 0.15) is 5.52 Å². The molecule has 0 spiro atoms. The van der Waals surface area contributed by atoms with Gasteiger partial charge in [0.15, 0.2) is 5.58 Å². The van der Waals surface area contributed by atoms with Gasteiger partial charge in [0.25, 0.3) is 0 Å². The Bertz CT molecular complexity index is 1540. The molecule has 0 unspecified atom stereocenters. The maximum Gasteiger partial charge on any atom is 0.227 e. The van der Waals surface area contributed by atoms with E-state index in [1.165, 1.54) is 27.4 Å². The van der Waals surface area contributed by atoms with Crippen LogP contribution in [-0.4, -0.2) is 9.55 Å². The molecule has 6 rings (SSSR count). The molecule has 0 saturated carbocycles. The van der Waals surface area contributed by atoms with Gasteiger partial charge >= 0.3 is 0 Å². The summed E-state index contributed by atoms with van der Waals surface area (Å²) in [5.74, 6) is 0.658. The number of benzene rings is 4. The van der Waals surface area contributed by atoms with Crippen molar-refractivity contribution in [3.63, 3.8) is 0 Å². The molecule has 0 aliphatic carbocycles. The van der Waals surface area contributed by atoms with Gasteiger partial charge in [0.05, 0.1) is 11.0 Å². The first kappa shape index (κ1) is 18.9. The van der Waals surface area contributed by atoms with Crippen molar-refractivity contribution < 1.29 is 4.42 Å². The maximum absolute atomic E-state index is 6.26. The summed E-state index contributed by atoms with van der Waals surface area (Å²) in [6.07, 6.45) is 0. The van der Waals surface area contributed by atoms with Crippen LogP contribution in [0.2, 0.25) is 0 Å². The van der Waals surface area contributed by atoms with E-state index in [1.807, 2.05) is 6.07 Å². The highest BCUT2D eigenvalue weighted by molar-refractivity contribution is 6.09. The average molecular weight is 417 g/mol. The van der Waals surface area contributed by atoms with Crippen LogP contribution < -0.4 is 0 Å². The summed E-state index contributed by atoms with van der Waals surface area (Å²) in [7, 11) is 0. The van der Waals surface area contributed by atoms with Crippen molar-refractivity contribution in [3.05, 3.63) is 96.6 Å². The molecule has 0 aliphatic heterocycles. The molecule has 32 heavy (non-hydrogen) atoms. The Balaban J connectivity index is 1.48. The fourth-order valence-corrected chi connectivity index (χ4v) is 4.62. The minimum atomic E-state index is -0.00327. The van der Waals surface area contributed by atoms with Gasteiger partial charge < -0.3 is 8.98 Å². The van der Waals surface area contributed by atoms with Crippen LogP contribution in [-0.2, 0) is 5.41 Å². The van der Waals surface area contributed by atoms with Gasteiger partial charge in [0.2, 0.25) is 5.89 Å². The second kappa shape index (κ2) is 6.83. The number of aromatic nitrogens is 2. The van der Waals surface area contributed by atoms with Gasteiger partial charge in [0, 0.05) is 27.6 Å². The standard InChI is InChI=1S/C29H24N2O/c1-29(2,3)23-11-8-12-24-27(23)32-28(30-24)19-15-17-20(18-16-19)31-25-13-6-4-9-21(25)22-10-5-7-14-26(22)31/h4-18H,1-3H3. The van der Waals surface area contributed by atoms with Crippen LogP contribution in [0.5, 0.6) is 0 Å². The third-order valence-electron chi connectivity index (χ3n) is 6.18. The lowest BCUT2D eigenvalue weighted by atomic mass is 9.86. The van der Waals surface area contributed by atoms with E-state index in [4.69, 9.17) is 9.40 Å². The predicted molar refractivity (Wildman–Crippen MR) is 132 cm³/mol. The first-order valence-corrected chi connectivity index (χ1v) is 11.0. The zero-order valence-corrected chi connectivity index (χ0v) is 18.5. The molecule has 2 aromatic heterocycles. The largest absolute Gasteiger partial charge is 0.436 e. The van der Waals surface area contributed by atoms with E-state index >= 15 is 0 Å². The summed E-state index contributed by atoms with van der Waals surface area (Å²) in [4.78, 5) is 4.78. The molecule has 0 amide bonds. The van der Waals surface area contributed by atoms with E-state index in [-0.39, 0.29) is 5.41 Å². The van der Waals surface area contributed by atoms with Crippen LogP contribution in [0.1, 0.15) is 26.3 Å². The molecule has 2 heterocycles. The van der Waals surface area contributed by atoms with Gasteiger partial charge in [-0.2, -0.15) is 0 Å². The highest BCUT2D eigenvalue weighted by Gasteiger charge is 2.21. The monoisotopic (exact) mass is 416 g/mol. The SMILES string of the molecule is CC(C)(C)c1cccc2nc(-c3ccc(-n4c5ccccc5c5ccccc54)cc3)oc12. The Hall–Kier alpha value is -3.85. The lowest BCUT2D eigenvalue weighted by Crippen LogP contribution is -2.10. The predicted octanol–water partition coefficient (Wildman–Crippen LogP) is 7.89. The molecule has 3 nitrogen and oxygen atoms in total. The molecular formula is C29H24N2O. The van der Waals surface area contributed by atoms with E-state index in [0.717, 1.165) is 22.4 Å². The van der Waals surface area contributed by atoms with Gasteiger partial charge in [-0.1, -0.05) is 69.3 Å². The van der Waals surface area contributed by atoms with E-state index in [1.54, 1.807) is 0 Å². The molecule has 0 radical (unpaired) electrons. The summed E-state index contributed by atoms with van der Waals surface area (Å²) >= 11 is 0. The van der Waals surface area contributed by atoms with Crippen LogP contribution in [0.25, 0.3) is 50.0 Å². The Morgan fingerprint density at radius 3 is 1.94 bits per heavy atom. The van der Waals surface area contributed by atoms with E-state index < -0.39 is 0 Å². The molecule has 156 valence electrons. The fourth-order valence-electron chi connectivity index (χ4n) is 4.62. The molecule has 6 aromatic rings. The lowest BCUT2D eigenvalue weighted by Gasteiger charge is -2.18. The second-order valence-electron chi connectivity index (χ2n) is 9.34. The maximum atomic E-state index is 6.26. The van der Waals surface area contributed by atoms with Crippen molar-refractivity contribution in [1.82, 2.24) is 9.55 Å². The number of hydrogen-bond donors (Lipinski definition) is 0. The minimum absolute atomic E-state index is 0.00327. The lowest BCUT2D eigenvalue weighted by molar-refractivity contribution is 0.561. The molecule has 0 aliphatic rings.